The molecule has 0 unspecified atom stereocenters. The minimum Gasteiger partial charge on any atom is -0.357 e. The van der Waals surface area contributed by atoms with E-state index < -0.39 is 0 Å². The maximum absolute atomic E-state index is 13.5. The number of nitrogens with one attached hydrogen (secondary N) is 3. The molecule has 27 heavy (non-hydrogen) atoms. The van der Waals surface area contributed by atoms with E-state index in [0.717, 1.165) is 55.2 Å². The fourth-order valence-corrected chi connectivity index (χ4v) is 3.45. The molecule has 1 aromatic rings. The number of amides is 1. The Kier molecular flexibility index (Phi) is 9.45. The zero-order valence-corrected chi connectivity index (χ0v) is 17.1. The highest BCUT2D eigenvalue weighted by Crippen LogP contribution is 2.26. The van der Waals surface area contributed by atoms with Crippen LogP contribution in [0.5, 0.6) is 0 Å². The number of hydrogen-bond donors (Lipinski definition) is 3. The van der Waals surface area contributed by atoms with Crippen LogP contribution in [-0.4, -0.2) is 37.8 Å². The molecule has 7 heteroatoms. The van der Waals surface area contributed by atoms with Gasteiger partial charge in [-0.3, -0.25) is 4.79 Å². The number of thioether (sulfide) groups is 1. The molecule has 0 atom stereocenters. The molecule has 1 aliphatic carbocycles. The smallest absolute Gasteiger partial charge is 0.223 e. The van der Waals surface area contributed by atoms with E-state index in [0.29, 0.717) is 13.1 Å². The molecule has 0 aliphatic heterocycles. The van der Waals surface area contributed by atoms with Crippen molar-refractivity contribution >= 4 is 23.6 Å². The summed E-state index contributed by atoms with van der Waals surface area (Å²) in [6.07, 6.45) is 6.09. The van der Waals surface area contributed by atoms with Crippen molar-refractivity contribution in [2.45, 2.75) is 44.9 Å². The third-order valence-corrected chi connectivity index (χ3v) is 5.24. The predicted molar refractivity (Wildman–Crippen MR) is 111 cm³/mol. The minimum absolute atomic E-state index is 0.194. The van der Waals surface area contributed by atoms with E-state index in [-0.39, 0.29) is 17.6 Å². The van der Waals surface area contributed by atoms with Gasteiger partial charge in [0.05, 0.1) is 6.54 Å². The summed E-state index contributed by atoms with van der Waals surface area (Å²) in [4.78, 5) is 16.4. The summed E-state index contributed by atoms with van der Waals surface area (Å²) in [7, 11) is 0. The zero-order valence-electron chi connectivity index (χ0n) is 16.3. The van der Waals surface area contributed by atoms with Crippen molar-refractivity contribution < 1.29 is 9.18 Å². The van der Waals surface area contributed by atoms with Gasteiger partial charge in [-0.25, -0.2) is 9.38 Å². The highest BCUT2D eigenvalue weighted by atomic mass is 32.2. The van der Waals surface area contributed by atoms with Crippen LogP contribution >= 0.6 is 11.8 Å². The molecular weight excluding hydrogens is 363 g/mol. The topological polar surface area (TPSA) is 65.5 Å². The predicted octanol–water partition coefficient (Wildman–Crippen LogP) is 3.05. The van der Waals surface area contributed by atoms with Crippen molar-refractivity contribution in [2.75, 3.05) is 25.9 Å². The van der Waals surface area contributed by atoms with Crippen LogP contribution in [0.15, 0.2) is 23.2 Å². The van der Waals surface area contributed by atoms with Gasteiger partial charge in [-0.15, -0.1) is 0 Å². The summed E-state index contributed by atoms with van der Waals surface area (Å²) in [5.74, 6) is 1.73. The number of carbonyl (C=O) groups is 1. The van der Waals surface area contributed by atoms with Crippen molar-refractivity contribution in [3.8, 4) is 0 Å². The molecule has 0 heterocycles. The summed E-state index contributed by atoms with van der Waals surface area (Å²) in [5.41, 5.74) is 2.02. The van der Waals surface area contributed by atoms with Crippen LogP contribution in [0, 0.1) is 11.7 Å². The van der Waals surface area contributed by atoms with Crippen molar-refractivity contribution in [2.24, 2.45) is 10.9 Å². The number of guanidine groups is 1. The average Bonchev–Trinajstić information content (AvgIpc) is 2.59. The zero-order chi connectivity index (χ0) is 19.5. The SMILES string of the molecule is CCNC(=NCc1ccc(F)cc1CSC)NCCCNC(=O)C1CCC1. The van der Waals surface area contributed by atoms with Crippen LogP contribution in [0.1, 0.15) is 43.7 Å². The molecule has 0 aromatic heterocycles. The van der Waals surface area contributed by atoms with Crippen LogP contribution in [0.25, 0.3) is 0 Å². The number of carbonyl (C=O) groups excluding carboxylic acids is 1. The second kappa shape index (κ2) is 11.8. The largest absolute Gasteiger partial charge is 0.357 e. The van der Waals surface area contributed by atoms with Gasteiger partial charge in [-0.05, 0) is 55.7 Å². The lowest BCUT2D eigenvalue weighted by Crippen LogP contribution is -2.39. The van der Waals surface area contributed by atoms with Crippen molar-refractivity contribution in [3.05, 3.63) is 35.1 Å². The molecule has 0 bridgehead atoms. The van der Waals surface area contributed by atoms with Gasteiger partial charge in [0.2, 0.25) is 5.91 Å². The fourth-order valence-electron chi connectivity index (χ4n) is 2.87. The highest BCUT2D eigenvalue weighted by Gasteiger charge is 2.24. The molecule has 1 amide bonds. The first-order valence-corrected chi connectivity index (χ1v) is 11.1. The Labute approximate surface area is 166 Å². The molecule has 0 saturated heterocycles. The van der Waals surface area contributed by atoms with Gasteiger partial charge >= 0.3 is 0 Å². The molecule has 1 aromatic carbocycles. The van der Waals surface area contributed by atoms with Crippen LogP contribution in [0.2, 0.25) is 0 Å². The third-order valence-electron chi connectivity index (χ3n) is 4.64. The Morgan fingerprint density at radius 1 is 1.22 bits per heavy atom. The summed E-state index contributed by atoms with van der Waals surface area (Å²) >= 11 is 1.67. The number of rotatable bonds is 10. The van der Waals surface area contributed by atoms with Crippen LogP contribution in [0.4, 0.5) is 4.39 Å². The lowest BCUT2D eigenvalue weighted by atomic mass is 9.85. The Morgan fingerprint density at radius 2 is 2.00 bits per heavy atom. The molecule has 1 aliphatic rings. The first-order chi connectivity index (χ1) is 13.1. The maximum atomic E-state index is 13.5. The molecule has 1 saturated carbocycles. The van der Waals surface area contributed by atoms with E-state index in [9.17, 15) is 9.18 Å². The first-order valence-electron chi connectivity index (χ1n) is 9.70. The van der Waals surface area contributed by atoms with E-state index in [1.54, 1.807) is 17.8 Å². The van der Waals surface area contributed by atoms with E-state index in [2.05, 4.69) is 20.9 Å². The van der Waals surface area contributed by atoms with Gasteiger partial charge in [0.1, 0.15) is 5.82 Å². The molecule has 0 radical (unpaired) electrons. The van der Waals surface area contributed by atoms with Gasteiger partial charge in [0, 0.05) is 31.3 Å². The molecule has 0 spiro atoms. The maximum Gasteiger partial charge on any atom is 0.223 e. The van der Waals surface area contributed by atoms with Gasteiger partial charge < -0.3 is 16.0 Å². The molecule has 3 N–H and O–H groups in total. The molecule has 2 rings (SSSR count). The second-order valence-electron chi connectivity index (χ2n) is 6.74. The minimum atomic E-state index is -0.208. The summed E-state index contributed by atoms with van der Waals surface area (Å²) in [6, 6.07) is 4.89. The van der Waals surface area contributed by atoms with Gasteiger partial charge in [-0.2, -0.15) is 11.8 Å². The quantitative estimate of drug-likeness (QED) is 0.324. The fraction of sp³-hybridized carbons (Fsp3) is 0.600. The monoisotopic (exact) mass is 394 g/mol. The summed E-state index contributed by atoms with van der Waals surface area (Å²) in [6.45, 7) is 4.71. The number of benzene rings is 1. The number of halogens is 1. The Morgan fingerprint density at radius 3 is 2.67 bits per heavy atom. The number of hydrogen-bond acceptors (Lipinski definition) is 3. The number of nitrogens with zero attached hydrogens (tertiary/aromatic N) is 1. The first kappa shape index (κ1) is 21.5. The highest BCUT2D eigenvalue weighted by molar-refractivity contribution is 7.97. The van der Waals surface area contributed by atoms with E-state index in [1.165, 1.54) is 12.5 Å². The van der Waals surface area contributed by atoms with Gasteiger partial charge in [0.15, 0.2) is 5.96 Å². The summed E-state index contributed by atoms with van der Waals surface area (Å²) < 4.78 is 13.5. The molecular formula is C20H31FN4OS. The van der Waals surface area contributed by atoms with Crippen molar-refractivity contribution in [3.63, 3.8) is 0 Å². The molecule has 5 nitrogen and oxygen atoms in total. The molecule has 150 valence electrons. The second-order valence-corrected chi connectivity index (χ2v) is 7.61. The van der Waals surface area contributed by atoms with E-state index >= 15 is 0 Å². The van der Waals surface area contributed by atoms with Crippen molar-refractivity contribution in [1.82, 2.24) is 16.0 Å². The van der Waals surface area contributed by atoms with Crippen LogP contribution in [-0.2, 0) is 17.1 Å². The van der Waals surface area contributed by atoms with E-state index in [1.807, 2.05) is 19.2 Å². The average molecular weight is 395 g/mol. The van der Waals surface area contributed by atoms with Crippen LogP contribution in [0.3, 0.4) is 0 Å². The van der Waals surface area contributed by atoms with Crippen LogP contribution < -0.4 is 16.0 Å². The normalized spacial score (nSPS) is 14.6. The third kappa shape index (κ3) is 7.40. The van der Waals surface area contributed by atoms with Crippen molar-refractivity contribution in [1.29, 1.82) is 0 Å². The lowest BCUT2D eigenvalue weighted by molar-refractivity contribution is -0.127. The lowest BCUT2D eigenvalue weighted by Gasteiger charge is -2.24. The molecule has 1 fully saturated rings. The standard InChI is InChI=1S/C20H31FN4OS/c1-3-22-20(24-11-5-10-23-19(26)15-6-4-7-15)25-13-16-8-9-18(21)12-17(16)14-27-2/h8-9,12,15H,3-7,10-11,13-14H2,1-2H3,(H,23,26)(H2,22,24,25). The summed E-state index contributed by atoms with van der Waals surface area (Å²) in [5, 5.41) is 9.52. The van der Waals surface area contributed by atoms with E-state index in [4.69, 9.17) is 0 Å². The Bertz CT molecular complexity index is 634. The Hall–Kier alpha value is -1.76. The van der Waals surface area contributed by atoms with Gasteiger partial charge in [0.25, 0.3) is 0 Å². The number of aliphatic imine (C=N–C) groups is 1. The van der Waals surface area contributed by atoms with Gasteiger partial charge in [-0.1, -0.05) is 12.5 Å². The Balaban J connectivity index is 1.78.